The fourth-order valence-corrected chi connectivity index (χ4v) is 9.61. The van der Waals surface area contributed by atoms with E-state index in [4.69, 9.17) is 9.47 Å². The maximum atomic E-state index is 13.8. The maximum Gasteiger partial charge on any atom is 0.241 e. The molecule has 7 rings (SSSR count). The molecule has 5 aromatic carbocycles. The molecule has 2 fully saturated rings. The molecule has 9 nitrogen and oxygen atoms in total. The van der Waals surface area contributed by atoms with E-state index in [0.29, 0.717) is 6.04 Å². The number of carbonyl (C=O) groups is 1. The third-order valence-electron chi connectivity index (χ3n) is 11.9. The minimum absolute atomic E-state index is 0.0151. The zero-order valence-corrected chi connectivity index (χ0v) is 35.4. The number of rotatable bonds is 17. The smallest absolute Gasteiger partial charge is 0.241 e. The lowest BCUT2D eigenvalue weighted by Gasteiger charge is -2.43. The number of nitrogens with zero attached hydrogens (tertiary/aromatic N) is 1. The molecule has 1 amide bonds. The van der Waals surface area contributed by atoms with E-state index in [1.165, 1.54) is 25.7 Å². The second-order valence-corrected chi connectivity index (χ2v) is 17.9. The SMILES string of the molecule is C=CCN(C[C@H]1O[C@@H](c2cccc(-c3cccc(CNC(=O)[C@@H](Cc4ccccc4)NS(=O)(=O)c4ccc(C)cc4)c3)c2)O[C@@H](c2ccc(CO)cc2)[C@H]1C)C1CCCC1. The summed E-state index contributed by atoms with van der Waals surface area (Å²) >= 11 is 0. The zero-order valence-electron chi connectivity index (χ0n) is 34.6. The van der Waals surface area contributed by atoms with E-state index in [1.54, 1.807) is 24.3 Å². The number of hydrogen-bond donors (Lipinski definition) is 3. The Hall–Kier alpha value is -4.94. The van der Waals surface area contributed by atoms with Crippen LogP contribution in [0.1, 0.15) is 78.4 Å². The summed E-state index contributed by atoms with van der Waals surface area (Å²) in [6.45, 7) is 9.93. The lowest BCUT2D eigenvalue weighted by atomic mass is 9.89. The van der Waals surface area contributed by atoms with Gasteiger partial charge < -0.3 is 19.9 Å². The quantitative estimate of drug-likeness (QED) is 0.0805. The summed E-state index contributed by atoms with van der Waals surface area (Å²) in [7, 11) is -3.97. The molecule has 5 aromatic rings. The number of ether oxygens (including phenoxy) is 2. The van der Waals surface area contributed by atoms with Crippen molar-refractivity contribution in [3.8, 4) is 11.1 Å². The summed E-state index contributed by atoms with van der Waals surface area (Å²) < 4.78 is 43.2. The first-order valence-electron chi connectivity index (χ1n) is 21.1. The third kappa shape index (κ3) is 10.9. The predicted molar refractivity (Wildman–Crippen MR) is 236 cm³/mol. The largest absolute Gasteiger partial charge is 0.392 e. The predicted octanol–water partition coefficient (Wildman–Crippen LogP) is 8.58. The molecule has 10 heteroatoms. The van der Waals surface area contributed by atoms with E-state index < -0.39 is 28.3 Å². The molecule has 0 aromatic heterocycles. The van der Waals surface area contributed by atoms with Gasteiger partial charge in [0.25, 0.3) is 0 Å². The highest BCUT2D eigenvalue weighted by Gasteiger charge is 2.40. The number of aliphatic hydroxyl groups excluding tert-OH is 1. The van der Waals surface area contributed by atoms with Crippen molar-refractivity contribution in [1.29, 1.82) is 0 Å². The fraction of sp³-hybridized carbons (Fsp3) is 0.340. The molecule has 0 radical (unpaired) electrons. The van der Waals surface area contributed by atoms with Gasteiger partial charge >= 0.3 is 0 Å². The van der Waals surface area contributed by atoms with Crippen molar-refractivity contribution >= 4 is 15.9 Å². The number of carbonyl (C=O) groups excluding carboxylic acids is 1. The lowest BCUT2D eigenvalue weighted by molar-refractivity contribution is -0.276. The molecule has 314 valence electrons. The minimum atomic E-state index is -3.97. The van der Waals surface area contributed by atoms with E-state index in [0.717, 1.165) is 57.6 Å². The first-order valence-corrected chi connectivity index (χ1v) is 22.5. The van der Waals surface area contributed by atoms with Gasteiger partial charge in [-0.1, -0.05) is 135 Å². The maximum absolute atomic E-state index is 13.8. The molecule has 1 saturated heterocycles. The van der Waals surface area contributed by atoms with Crippen molar-refractivity contribution in [2.24, 2.45) is 5.92 Å². The van der Waals surface area contributed by atoms with Crippen molar-refractivity contribution in [2.75, 3.05) is 13.1 Å². The Labute approximate surface area is 355 Å². The highest BCUT2D eigenvalue weighted by Crippen LogP contribution is 2.43. The third-order valence-corrected chi connectivity index (χ3v) is 13.3. The molecule has 60 heavy (non-hydrogen) atoms. The second kappa shape index (κ2) is 20.1. The summed E-state index contributed by atoms with van der Waals surface area (Å²) in [6.07, 6.45) is 6.11. The highest BCUT2D eigenvalue weighted by atomic mass is 32.2. The second-order valence-electron chi connectivity index (χ2n) is 16.2. The monoisotopic (exact) mass is 827 g/mol. The van der Waals surface area contributed by atoms with Gasteiger partial charge in [-0.25, -0.2) is 8.42 Å². The molecule has 1 aliphatic carbocycles. The van der Waals surface area contributed by atoms with E-state index in [1.807, 2.05) is 104 Å². The van der Waals surface area contributed by atoms with Gasteiger partial charge in [0.2, 0.25) is 15.9 Å². The minimum Gasteiger partial charge on any atom is -0.392 e. The fourth-order valence-electron chi connectivity index (χ4n) is 8.42. The van der Waals surface area contributed by atoms with Gasteiger partial charge in [0.1, 0.15) is 6.04 Å². The molecule has 1 heterocycles. The van der Waals surface area contributed by atoms with Crippen LogP contribution in [0.15, 0.2) is 145 Å². The van der Waals surface area contributed by atoms with Gasteiger partial charge in [0.15, 0.2) is 6.29 Å². The van der Waals surface area contributed by atoms with Crippen LogP contribution in [0.3, 0.4) is 0 Å². The first-order chi connectivity index (χ1) is 29.1. The van der Waals surface area contributed by atoms with Crippen LogP contribution in [0.25, 0.3) is 11.1 Å². The van der Waals surface area contributed by atoms with Crippen molar-refractivity contribution < 1.29 is 27.8 Å². The molecule has 2 aliphatic rings. The van der Waals surface area contributed by atoms with Crippen LogP contribution in [-0.2, 0) is 43.9 Å². The number of hydrogen-bond acceptors (Lipinski definition) is 7. The summed E-state index contributed by atoms with van der Waals surface area (Å²) in [5, 5.41) is 12.7. The Kier molecular flexibility index (Phi) is 14.4. The van der Waals surface area contributed by atoms with Crippen LogP contribution in [0.5, 0.6) is 0 Å². The van der Waals surface area contributed by atoms with Crippen LogP contribution in [0.2, 0.25) is 0 Å². The average Bonchev–Trinajstić information content (AvgIpc) is 3.82. The molecular weight excluding hydrogens is 771 g/mol. The van der Waals surface area contributed by atoms with Gasteiger partial charge in [-0.15, -0.1) is 6.58 Å². The van der Waals surface area contributed by atoms with Crippen molar-refractivity contribution in [3.63, 3.8) is 0 Å². The Morgan fingerprint density at radius 3 is 2.22 bits per heavy atom. The lowest BCUT2D eigenvalue weighted by Crippen LogP contribution is -2.47. The van der Waals surface area contributed by atoms with Gasteiger partial charge in [-0.2, -0.15) is 4.72 Å². The Bertz CT molecular complexity index is 2300. The summed E-state index contributed by atoms with van der Waals surface area (Å²) in [5.74, 6) is -0.354. The number of benzene rings is 5. The Balaban J connectivity index is 1.09. The van der Waals surface area contributed by atoms with E-state index in [2.05, 4.69) is 40.6 Å². The normalized spacial score (nSPS) is 20.2. The van der Waals surface area contributed by atoms with E-state index in [-0.39, 0.29) is 42.6 Å². The zero-order chi connectivity index (χ0) is 42.1. The molecule has 0 bridgehead atoms. The highest BCUT2D eigenvalue weighted by molar-refractivity contribution is 7.89. The first kappa shape index (κ1) is 43.2. The Morgan fingerprint density at radius 2 is 1.52 bits per heavy atom. The molecule has 3 N–H and O–H groups in total. The van der Waals surface area contributed by atoms with Gasteiger partial charge in [0, 0.05) is 37.2 Å². The summed E-state index contributed by atoms with van der Waals surface area (Å²) in [4.78, 5) is 16.4. The van der Waals surface area contributed by atoms with E-state index in [9.17, 15) is 18.3 Å². The number of nitrogens with one attached hydrogen (secondary N) is 2. The summed E-state index contributed by atoms with van der Waals surface area (Å²) in [6, 6.07) is 39.6. The van der Waals surface area contributed by atoms with Gasteiger partial charge in [0.05, 0.1) is 23.7 Å². The van der Waals surface area contributed by atoms with Crippen molar-refractivity contribution in [2.45, 2.75) is 94.6 Å². The topological polar surface area (TPSA) is 117 Å². The van der Waals surface area contributed by atoms with Crippen LogP contribution in [-0.4, -0.2) is 55.6 Å². The number of aliphatic hydroxyl groups is 1. The average molecular weight is 828 g/mol. The van der Waals surface area contributed by atoms with Crippen LogP contribution in [0.4, 0.5) is 0 Å². The molecule has 0 spiro atoms. The van der Waals surface area contributed by atoms with Gasteiger partial charge in [-0.05, 0) is 83.8 Å². The molecule has 0 unspecified atom stereocenters. The molecular formula is C50H57N3O6S. The molecule has 1 aliphatic heterocycles. The summed E-state index contributed by atoms with van der Waals surface area (Å²) in [5.41, 5.74) is 7.39. The van der Waals surface area contributed by atoms with Gasteiger partial charge in [-0.3, -0.25) is 9.69 Å². The number of sulfonamides is 1. The van der Waals surface area contributed by atoms with Crippen LogP contribution < -0.4 is 10.0 Å². The molecule has 1 saturated carbocycles. The molecule has 5 atom stereocenters. The standard InChI is InChI=1S/C50H57N3O6S/c1-4-28-53(44-18-8-9-19-44)33-47-36(3)48(40-24-22-38(34-54)23-25-40)59-50(58-47)43-17-11-16-42(31-43)41-15-10-14-39(29-41)32-51-49(55)46(30-37-12-6-5-7-13-37)52-60(56,57)45-26-20-35(2)21-27-45/h4-7,10-17,20-27,29,31,36,44,46-48,50,52,54H,1,8-9,18-19,28,30,32-34H2,2-3H3,(H,51,55)/t36-,46+,47+,48+,50+/m0/s1. The Morgan fingerprint density at radius 1 is 0.833 bits per heavy atom. The number of aryl methyl sites for hydroxylation is 1. The van der Waals surface area contributed by atoms with Crippen LogP contribution >= 0.6 is 0 Å². The number of amides is 1. The van der Waals surface area contributed by atoms with Crippen molar-refractivity contribution in [1.82, 2.24) is 14.9 Å². The van der Waals surface area contributed by atoms with Crippen molar-refractivity contribution in [3.05, 3.63) is 173 Å². The van der Waals surface area contributed by atoms with Crippen LogP contribution in [0, 0.1) is 12.8 Å². The van der Waals surface area contributed by atoms with E-state index >= 15 is 0 Å².